The molecular weight excluding hydrogens is 549 g/mol. The van der Waals surface area contributed by atoms with E-state index in [0.29, 0.717) is 17.7 Å². The van der Waals surface area contributed by atoms with E-state index >= 15 is 0 Å². The van der Waals surface area contributed by atoms with Crippen molar-refractivity contribution in [2.45, 2.75) is 30.8 Å². The van der Waals surface area contributed by atoms with Crippen LogP contribution in [0.25, 0.3) is 0 Å². The van der Waals surface area contributed by atoms with Gasteiger partial charge in [-0.15, -0.1) is 0 Å². The lowest BCUT2D eigenvalue weighted by molar-refractivity contribution is -0.140. The van der Waals surface area contributed by atoms with Crippen LogP contribution in [0.15, 0.2) is 77.7 Å². The van der Waals surface area contributed by atoms with E-state index in [0.717, 1.165) is 4.31 Å². The van der Waals surface area contributed by atoms with Gasteiger partial charge in [0, 0.05) is 23.6 Å². The number of ether oxygens (including phenoxy) is 1. The first-order chi connectivity index (χ1) is 18.1. The summed E-state index contributed by atoms with van der Waals surface area (Å²) in [6.07, 6.45) is 0.309. The maximum atomic E-state index is 13.9. The van der Waals surface area contributed by atoms with Gasteiger partial charge in [0.05, 0.1) is 17.7 Å². The Bertz CT molecular complexity index is 1370. The summed E-state index contributed by atoms with van der Waals surface area (Å²) in [7, 11) is -1.19. The second-order valence-electron chi connectivity index (χ2n) is 8.36. The molecule has 1 atom stereocenters. The molecule has 0 heterocycles. The fraction of sp³-hybridized carbons (Fsp3) is 0.259. The molecule has 0 fully saturated rings. The molecule has 3 rings (SSSR count). The van der Waals surface area contributed by atoms with E-state index < -0.39 is 28.5 Å². The van der Waals surface area contributed by atoms with Gasteiger partial charge in [0.25, 0.3) is 10.0 Å². The number of hydrogen-bond acceptors (Lipinski definition) is 5. The van der Waals surface area contributed by atoms with E-state index in [1.165, 1.54) is 49.4 Å². The van der Waals surface area contributed by atoms with Crippen LogP contribution in [-0.4, -0.2) is 51.9 Å². The first-order valence-electron chi connectivity index (χ1n) is 11.8. The summed E-state index contributed by atoms with van der Waals surface area (Å²) in [4.78, 5) is 28.0. The van der Waals surface area contributed by atoms with Gasteiger partial charge in [-0.05, 0) is 54.4 Å². The number of methoxy groups -OCH3 is 1. The lowest BCUT2D eigenvalue weighted by atomic mass is 10.1. The first kappa shape index (κ1) is 29.3. The minimum Gasteiger partial charge on any atom is -0.497 e. The van der Waals surface area contributed by atoms with Gasteiger partial charge in [-0.25, -0.2) is 8.42 Å². The van der Waals surface area contributed by atoms with Crippen LogP contribution in [0, 0.1) is 0 Å². The fourth-order valence-electron chi connectivity index (χ4n) is 3.99. The van der Waals surface area contributed by atoms with Crippen molar-refractivity contribution in [2.75, 3.05) is 25.0 Å². The average Bonchev–Trinajstić information content (AvgIpc) is 2.91. The summed E-state index contributed by atoms with van der Waals surface area (Å²) in [5.41, 5.74) is 0.831. The molecule has 11 heteroatoms. The van der Waals surface area contributed by atoms with E-state index in [2.05, 4.69) is 5.32 Å². The summed E-state index contributed by atoms with van der Waals surface area (Å²) < 4.78 is 33.8. The predicted octanol–water partition coefficient (Wildman–Crippen LogP) is 4.75. The molecule has 0 bridgehead atoms. The van der Waals surface area contributed by atoms with E-state index in [4.69, 9.17) is 27.9 Å². The molecule has 38 heavy (non-hydrogen) atoms. The average molecular weight is 579 g/mol. The molecule has 3 aromatic rings. The molecular formula is C27H29Cl2N3O5S. The summed E-state index contributed by atoms with van der Waals surface area (Å²) in [6.45, 7) is 1.24. The SMILES string of the molecule is CC[C@H](C(=O)NC)N(Cc1cccc(OC)c1)C(=O)CN(c1cc(Cl)cc(Cl)c1)S(=O)(=O)c1ccccc1. The standard InChI is InChI=1S/C27H29Cl2N3O5S/c1-4-25(27(34)30-2)31(17-19-9-8-10-23(13-19)37-3)26(33)18-32(22-15-20(28)14-21(29)16-22)38(35,36)24-11-6-5-7-12-24/h5-16,25H,4,17-18H2,1-3H3,(H,30,34)/t25-/m1/s1. The summed E-state index contributed by atoms with van der Waals surface area (Å²) in [6, 6.07) is 18.3. The molecule has 0 spiro atoms. The topological polar surface area (TPSA) is 96.0 Å². The number of benzene rings is 3. The largest absolute Gasteiger partial charge is 0.497 e. The fourth-order valence-corrected chi connectivity index (χ4v) is 5.92. The minimum atomic E-state index is -4.21. The third-order valence-corrected chi connectivity index (χ3v) is 8.09. The number of amides is 2. The van der Waals surface area contributed by atoms with Crippen molar-refractivity contribution in [1.29, 1.82) is 0 Å². The van der Waals surface area contributed by atoms with Gasteiger partial charge in [-0.2, -0.15) is 0 Å². The Hall–Kier alpha value is -3.27. The van der Waals surface area contributed by atoms with Gasteiger partial charge in [0.15, 0.2) is 0 Å². The maximum absolute atomic E-state index is 13.9. The first-order valence-corrected chi connectivity index (χ1v) is 14.0. The van der Waals surface area contributed by atoms with Crippen LogP contribution in [0.2, 0.25) is 10.0 Å². The van der Waals surface area contributed by atoms with E-state index in [1.807, 2.05) is 0 Å². The van der Waals surface area contributed by atoms with Gasteiger partial charge in [0.2, 0.25) is 11.8 Å². The van der Waals surface area contributed by atoms with Crippen LogP contribution in [0.4, 0.5) is 5.69 Å². The van der Waals surface area contributed by atoms with Crippen molar-refractivity contribution in [3.63, 3.8) is 0 Å². The monoisotopic (exact) mass is 577 g/mol. The maximum Gasteiger partial charge on any atom is 0.264 e. The zero-order valence-corrected chi connectivity index (χ0v) is 23.6. The molecule has 0 saturated carbocycles. The number of carbonyl (C=O) groups is 2. The number of nitrogens with one attached hydrogen (secondary N) is 1. The number of hydrogen-bond donors (Lipinski definition) is 1. The van der Waals surface area contributed by atoms with Crippen LogP contribution >= 0.6 is 23.2 Å². The third kappa shape index (κ3) is 6.98. The lowest BCUT2D eigenvalue weighted by Crippen LogP contribution is -2.51. The number of rotatable bonds is 11. The number of sulfonamides is 1. The van der Waals surface area contributed by atoms with Crippen molar-refractivity contribution >= 4 is 50.7 Å². The molecule has 2 amide bonds. The summed E-state index contributed by atoms with van der Waals surface area (Å²) >= 11 is 12.4. The van der Waals surface area contributed by atoms with Gasteiger partial charge in [0.1, 0.15) is 18.3 Å². The highest BCUT2D eigenvalue weighted by Crippen LogP contribution is 2.30. The van der Waals surface area contributed by atoms with Crippen LogP contribution in [0.3, 0.4) is 0 Å². The molecule has 0 aromatic heterocycles. The molecule has 0 aliphatic rings. The molecule has 3 aromatic carbocycles. The highest BCUT2D eigenvalue weighted by Gasteiger charge is 2.33. The Labute approximate surface area is 233 Å². The van der Waals surface area contributed by atoms with Crippen LogP contribution in [-0.2, 0) is 26.2 Å². The number of likely N-dealkylation sites (N-methyl/N-ethyl adjacent to an activating group) is 1. The molecule has 1 N–H and O–H groups in total. The van der Waals surface area contributed by atoms with Crippen LogP contribution in [0.5, 0.6) is 5.75 Å². The minimum absolute atomic E-state index is 0.0124. The quantitative estimate of drug-likeness (QED) is 0.354. The summed E-state index contributed by atoms with van der Waals surface area (Å²) in [5.74, 6) is -0.365. The van der Waals surface area contributed by atoms with Crippen LogP contribution in [0.1, 0.15) is 18.9 Å². The normalized spacial score (nSPS) is 11.9. The number of halogens is 2. The van der Waals surface area contributed by atoms with Crippen molar-refractivity contribution < 1.29 is 22.7 Å². The Morgan fingerprint density at radius 1 is 0.974 bits per heavy atom. The van der Waals surface area contributed by atoms with E-state index in [1.54, 1.807) is 49.4 Å². The zero-order valence-electron chi connectivity index (χ0n) is 21.2. The van der Waals surface area contributed by atoms with E-state index in [9.17, 15) is 18.0 Å². The summed E-state index contributed by atoms with van der Waals surface area (Å²) in [5, 5.41) is 3.00. The Morgan fingerprint density at radius 3 is 2.21 bits per heavy atom. The molecule has 0 saturated heterocycles. The number of nitrogens with zero attached hydrogens (tertiary/aromatic N) is 2. The molecule has 0 unspecified atom stereocenters. The van der Waals surface area contributed by atoms with Gasteiger partial charge in [-0.1, -0.05) is 60.5 Å². The lowest BCUT2D eigenvalue weighted by Gasteiger charge is -2.33. The van der Waals surface area contributed by atoms with Gasteiger partial charge < -0.3 is 15.0 Å². The molecule has 0 radical (unpaired) electrons. The van der Waals surface area contributed by atoms with Crippen molar-refractivity contribution in [2.24, 2.45) is 0 Å². The Balaban J connectivity index is 2.08. The van der Waals surface area contributed by atoms with Crippen molar-refractivity contribution in [1.82, 2.24) is 10.2 Å². The molecule has 0 aliphatic heterocycles. The second-order valence-corrected chi connectivity index (χ2v) is 11.1. The van der Waals surface area contributed by atoms with E-state index in [-0.39, 0.29) is 33.1 Å². The molecule has 0 aliphatic carbocycles. The van der Waals surface area contributed by atoms with Crippen molar-refractivity contribution in [3.8, 4) is 5.75 Å². The highest BCUT2D eigenvalue weighted by molar-refractivity contribution is 7.92. The molecule has 8 nitrogen and oxygen atoms in total. The second kappa shape index (κ2) is 13.0. The highest BCUT2D eigenvalue weighted by atomic mass is 35.5. The van der Waals surface area contributed by atoms with Crippen molar-refractivity contribution in [3.05, 3.63) is 88.4 Å². The zero-order chi connectivity index (χ0) is 27.9. The van der Waals surface area contributed by atoms with Gasteiger partial charge >= 0.3 is 0 Å². The smallest absolute Gasteiger partial charge is 0.264 e. The van der Waals surface area contributed by atoms with Gasteiger partial charge in [-0.3, -0.25) is 13.9 Å². The Kier molecular flexibility index (Phi) is 10.0. The number of carbonyl (C=O) groups excluding carboxylic acids is 2. The molecule has 202 valence electrons. The Morgan fingerprint density at radius 2 is 1.63 bits per heavy atom. The third-order valence-electron chi connectivity index (χ3n) is 5.86. The number of anilines is 1. The van der Waals surface area contributed by atoms with Crippen LogP contribution < -0.4 is 14.4 Å². The predicted molar refractivity (Wildman–Crippen MR) is 149 cm³/mol.